The maximum absolute atomic E-state index is 5.41. The molecule has 0 unspecified atom stereocenters. The van der Waals surface area contributed by atoms with Crippen LogP contribution < -0.4 is 14.8 Å². The number of hydrogen-bond donors (Lipinski definition) is 1. The van der Waals surface area contributed by atoms with Crippen LogP contribution in [-0.2, 0) is 19.4 Å². The van der Waals surface area contributed by atoms with Crippen molar-refractivity contribution in [2.75, 3.05) is 19.5 Å². The zero-order valence-corrected chi connectivity index (χ0v) is 12.6. The second kappa shape index (κ2) is 6.08. The monoisotopic (exact) mass is 283 g/mol. The van der Waals surface area contributed by atoms with Gasteiger partial charge in [0.15, 0.2) is 0 Å². The maximum Gasteiger partial charge on any atom is 0.145 e. The van der Waals surface area contributed by atoms with Crippen molar-refractivity contribution in [3.05, 3.63) is 53.1 Å². The first-order chi connectivity index (χ1) is 10.3. The van der Waals surface area contributed by atoms with E-state index >= 15 is 0 Å². The standard InChI is InChI=1S/C18H21NO2/c1-20-16-8-9-17(18(11-16)21-2)19-12-13-6-7-14-4-3-5-15(14)10-13/h6-11,19H,3-5,12H2,1-2H3. The molecule has 0 fully saturated rings. The average Bonchev–Trinajstić information content (AvgIpc) is 3.00. The molecule has 0 spiro atoms. The van der Waals surface area contributed by atoms with Gasteiger partial charge in [-0.1, -0.05) is 18.2 Å². The second-order valence-corrected chi connectivity index (χ2v) is 5.38. The fraction of sp³-hybridized carbons (Fsp3) is 0.333. The summed E-state index contributed by atoms with van der Waals surface area (Å²) < 4.78 is 10.6. The molecule has 1 aliphatic rings. The third-order valence-electron chi connectivity index (χ3n) is 4.05. The number of benzene rings is 2. The van der Waals surface area contributed by atoms with Gasteiger partial charge < -0.3 is 14.8 Å². The number of nitrogens with one attached hydrogen (secondary N) is 1. The summed E-state index contributed by atoms with van der Waals surface area (Å²) in [4.78, 5) is 0. The molecular formula is C18H21NO2. The Balaban J connectivity index is 1.72. The predicted octanol–water partition coefficient (Wildman–Crippen LogP) is 3.80. The highest BCUT2D eigenvalue weighted by molar-refractivity contribution is 5.59. The Bertz CT molecular complexity index is 637. The molecule has 0 aliphatic heterocycles. The van der Waals surface area contributed by atoms with Gasteiger partial charge in [-0.15, -0.1) is 0 Å². The molecule has 0 saturated heterocycles. The van der Waals surface area contributed by atoms with Crippen LogP contribution in [0.1, 0.15) is 23.1 Å². The van der Waals surface area contributed by atoms with Crippen molar-refractivity contribution in [2.45, 2.75) is 25.8 Å². The lowest BCUT2D eigenvalue weighted by molar-refractivity contribution is 0.395. The quantitative estimate of drug-likeness (QED) is 0.905. The van der Waals surface area contributed by atoms with Crippen LogP contribution in [0, 0.1) is 0 Å². The van der Waals surface area contributed by atoms with Crippen molar-refractivity contribution in [1.82, 2.24) is 0 Å². The van der Waals surface area contributed by atoms with Crippen molar-refractivity contribution in [2.24, 2.45) is 0 Å². The molecular weight excluding hydrogens is 262 g/mol. The van der Waals surface area contributed by atoms with Gasteiger partial charge in [-0.2, -0.15) is 0 Å². The van der Waals surface area contributed by atoms with Gasteiger partial charge >= 0.3 is 0 Å². The summed E-state index contributed by atoms with van der Waals surface area (Å²) in [6.07, 6.45) is 3.74. The molecule has 2 aromatic rings. The highest BCUT2D eigenvalue weighted by Crippen LogP contribution is 2.30. The van der Waals surface area contributed by atoms with Gasteiger partial charge in [-0.05, 0) is 48.1 Å². The van der Waals surface area contributed by atoms with E-state index in [1.54, 1.807) is 14.2 Å². The van der Waals surface area contributed by atoms with Crippen LogP contribution in [0.4, 0.5) is 5.69 Å². The van der Waals surface area contributed by atoms with E-state index in [4.69, 9.17) is 9.47 Å². The molecule has 0 heterocycles. The summed E-state index contributed by atoms with van der Waals surface area (Å²) in [6, 6.07) is 12.6. The van der Waals surface area contributed by atoms with E-state index < -0.39 is 0 Å². The van der Waals surface area contributed by atoms with Gasteiger partial charge in [0.2, 0.25) is 0 Å². The van der Waals surface area contributed by atoms with E-state index in [1.807, 2.05) is 18.2 Å². The number of anilines is 1. The van der Waals surface area contributed by atoms with Crippen LogP contribution in [0.2, 0.25) is 0 Å². The Kier molecular flexibility index (Phi) is 4.00. The van der Waals surface area contributed by atoms with E-state index in [2.05, 4.69) is 23.5 Å². The molecule has 21 heavy (non-hydrogen) atoms. The number of aryl methyl sites for hydroxylation is 2. The zero-order chi connectivity index (χ0) is 14.7. The molecule has 0 saturated carbocycles. The van der Waals surface area contributed by atoms with Gasteiger partial charge in [0, 0.05) is 12.6 Å². The van der Waals surface area contributed by atoms with Crippen LogP contribution in [0.15, 0.2) is 36.4 Å². The molecule has 0 amide bonds. The molecule has 0 bridgehead atoms. The molecule has 1 N–H and O–H groups in total. The van der Waals surface area contributed by atoms with Gasteiger partial charge in [0.25, 0.3) is 0 Å². The van der Waals surface area contributed by atoms with Gasteiger partial charge in [0.05, 0.1) is 19.9 Å². The minimum Gasteiger partial charge on any atom is -0.497 e. The van der Waals surface area contributed by atoms with Gasteiger partial charge in [-0.25, -0.2) is 0 Å². The van der Waals surface area contributed by atoms with Gasteiger partial charge in [0.1, 0.15) is 11.5 Å². The van der Waals surface area contributed by atoms with E-state index in [9.17, 15) is 0 Å². The molecule has 3 rings (SSSR count). The number of hydrogen-bond acceptors (Lipinski definition) is 3. The van der Waals surface area contributed by atoms with Crippen LogP contribution in [0.3, 0.4) is 0 Å². The first-order valence-corrected chi connectivity index (χ1v) is 7.37. The lowest BCUT2D eigenvalue weighted by Crippen LogP contribution is -2.02. The van der Waals surface area contributed by atoms with Crippen LogP contribution in [-0.4, -0.2) is 14.2 Å². The van der Waals surface area contributed by atoms with Crippen molar-refractivity contribution >= 4 is 5.69 Å². The lowest BCUT2D eigenvalue weighted by Gasteiger charge is -2.13. The SMILES string of the molecule is COc1ccc(NCc2ccc3c(c2)CCC3)c(OC)c1. The van der Waals surface area contributed by atoms with E-state index in [-0.39, 0.29) is 0 Å². The fourth-order valence-electron chi connectivity index (χ4n) is 2.88. The molecule has 110 valence electrons. The molecule has 2 aromatic carbocycles. The summed E-state index contributed by atoms with van der Waals surface area (Å²) >= 11 is 0. The van der Waals surface area contributed by atoms with E-state index in [0.717, 1.165) is 23.7 Å². The van der Waals surface area contributed by atoms with Crippen molar-refractivity contribution in [1.29, 1.82) is 0 Å². The van der Waals surface area contributed by atoms with Crippen LogP contribution in [0.5, 0.6) is 11.5 Å². The second-order valence-electron chi connectivity index (χ2n) is 5.38. The zero-order valence-electron chi connectivity index (χ0n) is 12.6. The smallest absolute Gasteiger partial charge is 0.145 e. The first-order valence-electron chi connectivity index (χ1n) is 7.37. The largest absolute Gasteiger partial charge is 0.497 e. The highest BCUT2D eigenvalue weighted by Gasteiger charge is 2.11. The molecule has 0 atom stereocenters. The summed E-state index contributed by atoms with van der Waals surface area (Å²) in [6.45, 7) is 0.802. The number of rotatable bonds is 5. The Morgan fingerprint density at radius 2 is 1.81 bits per heavy atom. The molecule has 3 nitrogen and oxygen atoms in total. The van der Waals surface area contributed by atoms with Gasteiger partial charge in [-0.3, -0.25) is 0 Å². The summed E-state index contributed by atoms with van der Waals surface area (Å²) in [5, 5.41) is 3.44. The Labute approximate surface area is 125 Å². The third-order valence-corrected chi connectivity index (χ3v) is 4.05. The lowest BCUT2D eigenvalue weighted by atomic mass is 10.1. The topological polar surface area (TPSA) is 30.5 Å². The number of ether oxygens (including phenoxy) is 2. The Morgan fingerprint density at radius 3 is 2.62 bits per heavy atom. The maximum atomic E-state index is 5.41. The Hall–Kier alpha value is -2.16. The Morgan fingerprint density at radius 1 is 0.952 bits per heavy atom. The fourth-order valence-corrected chi connectivity index (χ4v) is 2.88. The molecule has 1 aliphatic carbocycles. The number of methoxy groups -OCH3 is 2. The third kappa shape index (κ3) is 2.97. The minimum absolute atomic E-state index is 0.801. The average molecular weight is 283 g/mol. The van der Waals surface area contributed by atoms with Crippen LogP contribution in [0.25, 0.3) is 0 Å². The van der Waals surface area contributed by atoms with E-state index in [1.165, 1.54) is 36.0 Å². The van der Waals surface area contributed by atoms with Crippen molar-refractivity contribution in [3.63, 3.8) is 0 Å². The predicted molar refractivity (Wildman–Crippen MR) is 85.3 cm³/mol. The van der Waals surface area contributed by atoms with Crippen molar-refractivity contribution < 1.29 is 9.47 Å². The first kappa shape index (κ1) is 13.8. The van der Waals surface area contributed by atoms with Crippen LogP contribution >= 0.6 is 0 Å². The van der Waals surface area contributed by atoms with Crippen molar-refractivity contribution in [3.8, 4) is 11.5 Å². The number of fused-ring (bicyclic) bond motifs is 1. The molecule has 0 aromatic heterocycles. The normalized spacial score (nSPS) is 12.9. The summed E-state index contributed by atoms with van der Waals surface area (Å²) in [7, 11) is 3.34. The highest BCUT2D eigenvalue weighted by atomic mass is 16.5. The molecule has 0 radical (unpaired) electrons. The minimum atomic E-state index is 0.801. The summed E-state index contributed by atoms with van der Waals surface area (Å²) in [5.41, 5.74) is 5.32. The summed E-state index contributed by atoms with van der Waals surface area (Å²) in [5.74, 6) is 1.60. The molecule has 3 heteroatoms. The van der Waals surface area contributed by atoms with E-state index in [0.29, 0.717) is 0 Å².